The van der Waals surface area contributed by atoms with E-state index >= 15 is 0 Å². The summed E-state index contributed by atoms with van der Waals surface area (Å²) in [4.78, 5) is 25.3. The van der Waals surface area contributed by atoms with Gasteiger partial charge < -0.3 is 44.7 Å². The van der Waals surface area contributed by atoms with Gasteiger partial charge in [0.05, 0.1) is 36.5 Å². The molecule has 3 heterocycles. The summed E-state index contributed by atoms with van der Waals surface area (Å²) < 4.78 is 22.6. The van der Waals surface area contributed by atoms with Crippen LogP contribution in [0, 0.1) is 20.2 Å². The fourth-order valence-corrected chi connectivity index (χ4v) is 4.52. The van der Waals surface area contributed by atoms with Gasteiger partial charge in [-0.3, -0.25) is 0 Å². The van der Waals surface area contributed by atoms with E-state index in [1.165, 1.54) is 0 Å². The summed E-state index contributed by atoms with van der Waals surface area (Å²) >= 11 is 12.6. The van der Waals surface area contributed by atoms with Crippen molar-refractivity contribution >= 4 is 23.2 Å². The Kier molecular flexibility index (Phi) is 15.0. The number of aryl methyl sites for hydroxylation is 1. The highest BCUT2D eigenvalue weighted by molar-refractivity contribution is 6.35. The van der Waals surface area contributed by atoms with Gasteiger partial charge in [0.25, 0.3) is 10.2 Å². The number of halogens is 2. The molecule has 0 amide bonds. The monoisotopic (exact) mass is 660 g/mol. The van der Waals surface area contributed by atoms with E-state index in [-0.39, 0.29) is 17.1 Å². The molecule has 19 heteroatoms. The SMILES string of the molecule is CCn1cnc(-c2ccc(OC[C@@H]3CO[C@@](Cn4ccnc4)(c4ccc(Cl)cc4Cl)O3)cc2)c1.O.O.O=[N+]([O-])O.O=[N+]([O-])O. The van der Waals surface area contributed by atoms with Crippen molar-refractivity contribution in [2.45, 2.75) is 31.9 Å². The predicted molar refractivity (Wildman–Crippen MR) is 155 cm³/mol. The van der Waals surface area contributed by atoms with Gasteiger partial charge in [-0.1, -0.05) is 29.3 Å². The van der Waals surface area contributed by atoms with Crippen LogP contribution in [0.2, 0.25) is 10.0 Å². The summed E-state index contributed by atoms with van der Waals surface area (Å²) in [5.41, 5.74) is 2.69. The summed E-state index contributed by atoms with van der Waals surface area (Å²) in [6.45, 7) is 4.06. The Morgan fingerprint density at radius 2 is 1.73 bits per heavy atom. The molecule has 2 aromatic heterocycles. The Hall–Kier alpha value is -4.52. The maximum Gasteiger partial charge on any atom is 0.291 e. The maximum absolute atomic E-state index is 8.36. The highest BCUT2D eigenvalue weighted by Gasteiger charge is 2.45. The minimum Gasteiger partial charge on any atom is -0.491 e. The van der Waals surface area contributed by atoms with Crippen molar-refractivity contribution in [2.24, 2.45) is 0 Å². The smallest absolute Gasteiger partial charge is 0.291 e. The molecule has 0 unspecified atom stereocenters. The summed E-state index contributed by atoms with van der Waals surface area (Å²) in [5, 5.41) is 28.3. The van der Waals surface area contributed by atoms with Gasteiger partial charge in [-0.2, -0.15) is 0 Å². The average Bonchev–Trinajstić information content (AvgIpc) is 3.69. The molecule has 0 bridgehead atoms. The summed E-state index contributed by atoms with van der Waals surface area (Å²) in [7, 11) is 0. The first kappa shape index (κ1) is 37.5. The van der Waals surface area contributed by atoms with Crippen LogP contribution in [0.4, 0.5) is 0 Å². The molecule has 1 aliphatic rings. The second-order valence-corrected chi connectivity index (χ2v) is 9.41. The summed E-state index contributed by atoms with van der Waals surface area (Å²) in [6, 6.07) is 13.2. The Bertz CT molecular complexity index is 1440. The molecule has 4 aromatic rings. The molecular formula is C25H30Cl2N6O11. The van der Waals surface area contributed by atoms with Gasteiger partial charge >= 0.3 is 0 Å². The molecular weight excluding hydrogens is 631 g/mol. The molecule has 1 aliphatic heterocycles. The molecule has 5 rings (SSSR count). The molecule has 240 valence electrons. The lowest BCUT2D eigenvalue weighted by atomic mass is 10.1. The van der Waals surface area contributed by atoms with Gasteiger partial charge in [0.2, 0.25) is 5.79 Å². The Balaban J connectivity index is 0.000000869. The fourth-order valence-electron chi connectivity index (χ4n) is 3.97. The van der Waals surface area contributed by atoms with E-state index in [0.717, 1.165) is 23.6 Å². The van der Waals surface area contributed by atoms with E-state index in [1.807, 2.05) is 58.2 Å². The zero-order chi connectivity index (χ0) is 30.7. The molecule has 6 N–H and O–H groups in total. The minimum absolute atomic E-state index is 0. The fraction of sp³-hybridized carbons (Fsp3) is 0.280. The predicted octanol–water partition coefficient (Wildman–Crippen LogP) is 3.08. The number of rotatable bonds is 8. The summed E-state index contributed by atoms with van der Waals surface area (Å²) in [5.74, 6) is -0.322. The molecule has 1 saturated heterocycles. The lowest BCUT2D eigenvalue weighted by molar-refractivity contribution is -0.742. The maximum atomic E-state index is 8.36. The Morgan fingerprint density at radius 3 is 2.27 bits per heavy atom. The van der Waals surface area contributed by atoms with Crippen LogP contribution in [0.15, 0.2) is 73.7 Å². The Morgan fingerprint density at radius 1 is 1.07 bits per heavy atom. The molecule has 0 aliphatic carbocycles. The third-order valence-electron chi connectivity index (χ3n) is 5.74. The first-order valence-corrected chi connectivity index (χ1v) is 12.9. The van der Waals surface area contributed by atoms with Crippen LogP contribution in [0.25, 0.3) is 11.3 Å². The van der Waals surface area contributed by atoms with Crippen LogP contribution in [0.1, 0.15) is 12.5 Å². The third kappa shape index (κ3) is 11.0. The van der Waals surface area contributed by atoms with Crippen molar-refractivity contribution in [3.05, 3.63) is 110 Å². The van der Waals surface area contributed by atoms with Crippen LogP contribution in [-0.2, 0) is 28.4 Å². The van der Waals surface area contributed by atoms with Crippen LogP contribution in [0.5, 0.6) is 5.75 Å². The van der Waals surface area contributed by atoms with Gasteiger partial charge in [-0.15, -0.1) is 20.2 Å². The van der Waals surface area contributed by atoms with Gasteiger partial charge in [0.1, 0.15) is 18.5 Å². The van der Waals surface area contributed by atoms with Crippen LogP contribution >= 0.6 is 23.2 Å². The molecule has 0 spiro atoms. The van der Waals surface area contributed by atoms with Crippen molar-refractivity contribution in [1.29, 1.82) is 0 Å². The normalized spacial score (nSPS) is 16.6. The first-order valence-electron chi connectivity index (χ1n) is 12.2. The zero-order valence-corrected chi connectivity index (χ0v) is 24.5. The van der Waals surface area contributed by atoms with Gasteiger partial charge in [-0.05, 0) is 43.3 Å². The van der Waals surface area contributed by atoms with E-state index in [1.54, 1.807) is 24.7 Å². The van der Waals surface area contributed by atoms with E-state index in [0.29, 0.717) is 35.4 Å². The lowest BCUT2D eigenvalue weighted by Crippen LogP contribution is -2.34. The molecule has 0 saturated carbocycles. The number of hydrogen-bond acceptors (Lipinski definition) is 9. The second kappa shape index (κ2) is 17.6. The lowest BCUT2D eigenvalue weighted by Gasteiger charge is -2.30. The number of hydrogen-bond donors (Lipinski definition) is 2. The molecule has 2 aromatic carbocycles. The minimum atomic E-state index is -1.50. The third-order valence-corrected chi connectivity index (χ3v) is 6.28. The molecule has 0 radical (unpaired) electrons. The van der Waals surface area contributed by atoms with E-state index < -0.39 is 16.0 Å². The number of ether oxygens (including phenoxy) is 3. The van der Waals surface area contributed by atoms with Crippen LogP contribution in [0.3, 0.4) is 0 Å². The quantitative estimate of drug-likeness (QED) is 0.205. The number of aromatic nitrogens is 4. The molecule has 2 atom stereocenters. The van der Waals surface area contributed by atoms with E-state index in [4.69, 9.17) is 68.1 Å². The van der Waals surface area contributed by atoms with Crippen molar-refractivity contribution < 1.29 is 45.8 Å². The number of imidazole rings is 2. The average molecular weight is 661 g/mol. The van der Waals surface area contributed by atoms with Crippen LogP contribution in [-0.4, -0.2) is 70.0 Å². The largest absolute Gasteiger partial charge is 0.491 e. The van der Waals surface area contributed by atoms with Crippen LogP contribution < -0.4 is 4.74 Å². The van der Waals surface area contributed by atoms with Crippen molar-refractivity contribution in [1.82, 2.24) is 19.1 Å². The molecule has 17 nitrogen and oxygen atoms in total. The van der Waals surface area contributed by atoms with E-state index in [2.05, 4.69) is 16.9 Å². The van der Waals surface area contributed by atoms with Crippen molar-refractivity contribution in [2.75, 3.05) is 13.2 Å². The van der Waals surface area contributed by atoms with E-state index in [9.17, 15) is 0 Å². The van der Waals surface area contributed by atoms with Crippen molar-refractivity contribution in [3.8, 4) is 17.0 Å². The van der Waals surface area contributed by atoms with Gasteiger partial charge in [-0.25, -0.2) is 9.97 Å². The van der Waals surface area contributed by atoms with Crippen molar-refractivity contribution in [3.63, 3.8) is 0 Å². The van der Waals surface area contributed by atoms with Gasteiger partial charge in [0.15, 0.2) is 0 Å². The molecule has 1 fully saturated rings. The topological polar surface area (TPSA) is 253 Å². The highest BCUT2D eigenvalue weighted by Crippen LogP contribution is 2.40. The second-order valence-electron chi connectivity index (χ2n) is 8.56. The number of benzene rings is 2. The highest BCUT2D eigenvalue weighted by atomic mass is 35.5. The zero-order valence-electron chi connectivity index (χ0n) is 23.0. The Labute approximate surface area is 259 Å². The standard InChI is InChI=1S/C25H24Cl2N4O3.2HNO3.2H2O/c1-2-30-12-24(29-17-30)18-3-6-20(7-4-18)32-13-21-14-33-25(34-21,15-31-10-9-28-16-31)22-8-5-19(26)11-23(22)27;2*2-1(3)4;;/h3-12,16-17,21H,2,13-15H2,1H3;2*(H,2,3,4);2*1H2/t21-,25-;;;;/m1..../s1. The number of nitrogens with zero attached hydrogens (tertiary/aromatic N) is 6. The van der Waals surface area contributed by atoms with Gasteiger partial charge in [0, 0.05) is 41.3 Å². The summed E-state index contributed by atoms with van der Waals surface area (Å²) in [6.07, 6.45) is 8.86. The first-order chi connectivity index (χ1) is 20.0. The molecule has 44 heavy (non-hydrogen) atoms.